The van der Waals surface area contributed by atoms with E-state index in [0.29, 0.717) is 4.52 Å². The van der Waals surface area contributed by atoms with E-state index >= 15 is 0 Å². The largest absolute Gasteiger partial charge is 0.301 e. The topological polar surface area (TPSA) is 6.48 Å². The Balaban J connectivity index is 2.50. The van der Waals surface area contributed by atoms with Gasteiger partial charge in [0.15, 0.2) is 0 Å². The van der Waals surface area contributed by atoms with Crippen LogP contribution in [0.3, 0.4) is 0 Å². The highest BCUT2D eigenvalue weighted by Crippen LogP contribution is 2.84. The molecule has 3 aliphatic heterocycles. The molecule has 0 N–H and O–H groups in total. The molecule has 0 aliphatic carbocycles. The molecule has 0 amide bonds. The molecule has 0 radical (unpaired) electrons. The standard InChI is InChI=1S/C25H49N2P3Si/c1-20(2,3)18-28-25(22(7,8)9)29-19(21(4,5)6)30(18)31(25)26(23(10,11)12)16-17-27(31)24(13,14)15/h16-17H2,1-15H3. The second kappa shape index (κ2) is 7.21. The quantitative estimate of drug-likeness (QED) is 0.245. The maximum Gasteiger partial charge on any atom is 0.267 e. The van der Waals surface area contributed by atoms with Crippen molar-refractivity contribution in [3.05, 3.63) is 0 Å². The Labute approximate surface area is 199 Å². The Kier molecular flexibility index (Phi) is 6.17. The summed E-state index contributed by atoms with van der Waals surface area (Å²) in [5.74, 6) is 0. The van der Waals surface area contributed by atoms with E-state index in [-0.39, 0.29) is 34.8 Å². The van der Waals surface area contributed by atoms with Gasteiger partial charge < -0.3 is 9.13 Å². The fourth-order valence-corrected chi connectivity index (χ4v) is 38.9. The fourth-order valence-electron chi connectivity index (χ4n) is 5.86. The number of nitrogens with zero attached hydrogens (tertiary/aromatic N) is 2. The Morgan fingerprint density at radius 2 is 0.968 bits per heavy atom. The molecule has 0 aromatic rings. The van der Waals surface area contributed by atoms with Crippen molar-refractivity contribution < 1.29 is 0 Å². The second-order valence-corrected chi connectivity index (χ2v) is 27.4. The van der Waals surface area contributed by atoms with Gasteiger partial charge in [-0.3, -0.25) is 0 Å². The number of hydrogen-bond donors (Lipinski definition) is 0. The van der Waals surface area contributed by atoms with E-state index in [4.69, 9.17) is 0 Å². The van der Waals surface area contributed by atoms with E-state index in [0.717, 1.165) is 0 Å². The average Bonchev–Trinajstić information content (AvgIpc) is 3.13. The van der Waals surface area contributed by atoms with Gasteiger partial charge in [-0.2, -0.15) is 0 Å². The zero-order valence-electron chi connectivity index (χ0n) is 23.2. The third kappa shape index (κ3) is 3.67. The van der Waals surface area contributed by atoms with Crippen LogP contribution in [0, 0.1) is 16.2 Å². The summed E-state index contributed by atoms with van der Waals surface area (Å²) in [4.78, 5) is 0. The summed E-state index contributed by atoms with van der Waals surface area (Å²) in [6.45, 7) is 40.2. The molecule has 0 atom stereocenters. The van der Waals surface area contributed by atoms with Crippen molar-refractivity contribution in [2.45, 2.75) is 119 Å². The Morgan fingerprint density at radius 3 is 1.19 bits per heavy atom. The lowest BCUT2D eigenvalue weighted by molar-refractivity contribution is 0.243. The number of hydrogen-bond acceptors (Lipinski definition) is 2. The zero-order valence-corrected chi connectivity index (χ0v) is 26.8. The van der Waals surface area contributed by atoms with E-state index in [1.165, 1.54) is 13.1 Å². The van der Waals surface area contributed by atoms with Gasteiger partial charge in [0.2, 0.25) is 0 Å². The van der Waals surface area contributed by atoms with Crippen LogP contribution in [0.2, 0.25) is 0 Å². The van der Waals surface area contributed by atoms with Crippen molar-refractivity contribution in [3.8, 4) is 0 Å². The van der Waals surface area contributed by atoms with Crippen molar-refractivity contribution >= 4 is 42.0 Å². The monoisotopic (exact) mass is 498 g/mol. The molecule has 1 saturated heterocycles. The minimum atomic E-state index is -2.09. The predicted molar refractivity (Wildman–Crippen MR) is 151 cm³/mol. The van der Waals surface area contributed by atoms with Crippen LogP contribution in [0.1, 0.15) is 104 Å². The highest BCUT2D eigenvalue weighted by molar-refractivity contribution is 8.31. The molecule has 2 bridgehead atoms. The van der Waals surface area contributed by atoms with Crippen molar-refractivity contribution in [1.29, 1.82) is 0 Å². The SMILES string of the molecule is CC(C)(C)C1=PC2(C(C)(C)C)P=C(C(C)(C)C)P1[Si]21N(C(C)(C)C)CCN1C(C)(C)C. The summed E-state index contributed by atoms with van der Waals surface area (Å²) in [5, 5.41) is 3.80. The second-order valence-electron chi connectivity index (χ2n) is 14.9. The van der Waals surface area contributed by atoms with Crippen molar-refractivity contribution in [2.75, 3.05) is 13.1 Å². The maximum absolute atomic E-state index is 3.12. The van der Waals surface area contributed by atoms with Crippen LogP contribution in [0.15, 0.2) is 0 Å². The Hall–Kier alpha value is 0.907. The highest BCUT2D eigenvalue weighted by Gasteiger charge is 2.80. The molecule has 3 aliphatic rings. The third-order valence-corrected chi connectivity index (χ3v) is 31.4. The van der Waals surface area contributed by atoms with Gasteiger partial charge in [0.05, 0.1) is 4.52 Å². The minimum Gasteiger partial charge on any atom is -0.301 e. The smallest absolute Gasteiger partial charge is 0.267 e. The molecule has 1 spiro atoms. The van der Waals surface area contributed by atoms with Crippen LogP contribution in [-0.4, -0.2) is 56.0 Å². The van der Waals surface area contributed by atoms with Gasteiger partial charge in [-0.05, 0) is 75.3 Å². The molecule has 0 aromatic heterocycles. The first kappa shape index (κ1) is 26.5. The first-order chi connectivity index (χ1) is 13.5. The molecule has 178 valence electrons. The summed E-state index contributed by atoms with van der Waals surface area (Å²) < 4.78 is 6.58. The summed E-state index contributed by atoms with van der Waals surface area (Å²) in [5.41, 5.74) is 1.20. The van der Waals surface area contributed by atoms with Crippen LogP contribution in [-0.2, 0) is 0 Å². The molecule has 1 fully saturated rings. The fraction of sp³-hybridized carbons (Fsp3) is 0.920. The van der Waals surface area contributed by atoms with Crippen molar-refractivity contribution in [1.82, 2.24) is 9.13 Å². The first-order valence-corrected chi connectivity index (χ1v) is 18.0. The van der Waals surface area contributed by atoms with Crippen LogP contribution in [0.25, 0.3) is 0 Å². The molecule has 3 rings (SSSR count). The molecular formula is C25H49N2P3Si. The van der Waals surface area contributed by atoms with Crippen LogP contribution in [0.5, 0.6) is 0 Å². The van der Waals surface area contributed by atoms with Gasteiger partial charge in [-0.15, -0.1) is 0 Å². The molecule has 0 saturated carbocycles. The lowest BCUT2D eigenvalue weighted by Crippen LogP contribution is -2.75. The molecule has 2 nitrogen and oxygen atoms in total. The van der Waals surface area contributed by atoms with E-state index in [2.05, 4.69) is 113 Å². The highest BCUT2D eigenvalue weighted by atomic mass is 31.4. The Morgan fingerprint density at radius 1 is 0.645 bits per heavy atom. The lowest BCUT2D eigenvalue weighted by Gasteiger charge is -2.59. The maximum atomic E-state index is 3.12. The molecule has 31 heavy (non-hydrogen) atoms. The van der Waals surface area contributed by atoms with Crippen LogP contribution < -0.4 is 0 Å². The van der Waals surface area contributed by atoms with Gasteiger partial charge >= 0.3 is 0 Å². The van der Waals surface area contributed by atoms with Crippen LogP contribution >= 0.6 is 23.9 Å². The zero-order chi connectivity index (χ0) is 24.2. The van der Waals surface area contributed by atoms with Gasteiger partial charge in [-0.1, -0.05) is 78.7 Å². The summed E-state index contributed by atoms with van der Waals surface area (Å²) >= 11 is 0. The van der Waals surface area contributed by atoms with Crippen molar-refractivity contribution in [2.24, 2.45) is 16.2 Å². The normalized spacial score (nSPS) is 31.4. The minimum absolute atomic E-state index is 0.203. The molecule has 3 heterocycles. The van der Waals surface area contributed by atoms with Crippen LogP contribution in [0.4, 0.5) is 0 Å². The number of rotatable bonds is 0. The predicted octanol–water partition coefficient (Wildman–Crippen LogP) is 8.18. The lowest BCUT2D eigenvalue weighted by atomic mass is 9.99. The van der Waals surface area contributed by atoms with E-state index in [1.54, 1.807) is 16.4 Å². The molecule has 0 aromatic carbocycles. The molecular weight excluding hydrogens is 449 g/mol. The first-order valence-electron chi connectivity index (χ1n) is 12.1. The van der Waals surface area contributed by atoms with Gasteiger partial charge in [0, 0.05) is 24.2 Å². The summed E-state index contributed by atoms with van der Waals surface area (Å²) in [6.07, 6.45) is 0. The van der Waals surface area contributed by atoms with Gasteiger partial charge in [-0.25, -0.2) is 0 Å². The van der Waals surface area contributed by atoms with E-state index in [9.17, 15) is 0 Å². The van der Waals surface area contributed by atoms with E-state index in [1.807, 2.05) is 10.1 Å². The molecule has 6 heteroatoms. The summed E-state index contributed by atoms with van der Waals surface area (Å²) in [7, 11) is 1.00. The van der Waals surface area contributed by atoms with Gasteiger partial charge in [0.1, 0.15) is 0 Å². The van der Waals surface area contributed by atoms with Crippen molar-refractivity contribution in [3.63, 3.8) is 0 Å². The third-order valence-electron chi connectivity index (χ3n) is 7.05. The molecule has 0 unspecified atom stereocenters. The van der Waals surface area contributed by atoms with E-state index < -0.39 is 8.06 Å². The summed E-state index contributed by atoms with van der Waals surface area (Å²) in [6, 6.07) is 0. The average molecular weight is 499 g/mol. The van der Waals surface area contributed by atoms with Gasteiger partial charge in [0.25, 0.3) is 8.06 Å². The Bertz CT molecular complexity index is 756.